The van der Waals surface area contributed by atoms with E-state index < -0.39 is 0 Å². The van der Waals surface area contributed by atoms with Gasteiger partial charge in [-0.15, -0.1) is 0 Å². The second-order valence-electron chi connectivity index (χ2n) is 5.55. The van der Waals surface area contributed by atoms with E-state index in [-0.39, 0.29) is 24.3 Å². The zero-order valence-electron chi connectivity index (χ0n) is 10.9. The number of amides is 1. The molecule has 3 atom stereocenters. The quantitative estimate of drug-likeness (QED) is 0.872. The highest BCUT2D eigenvalue weighted by Crippen LogP contribution is 2.37. The number of rotatable bonds is 3. The van der Waals surface area contributed by atoms with Crippen LogP contribution in [0.25, 0.3) is 0 Å². The van der Waals surface area contributed by atoms with E-state index in [0.717, 1.165) is 13.0 Å². The molecule has 2 aliphatic rings. The lowest BCUT2D eigenvalue weighted by molar-refractivity contribution is -0.123. The molecule has 0 aromatic heterocycles. The average molecular weight is 262 g/mol. The Morgan fingerprint density at radius 1 is 1.37 bits per heavy atom. The summed E-state index contributed by atoms with van der Waals surface area (Å²) in [6, 6.07) is 6.48. The Kier molecular flexibility index (Phi) is 3.51. The summed E-state index contributed by atoms with van der Waals surface area (Å²) in [6.07, 6.45) is 3.60. The molecule has 0 radical (unpaired) electrons. The molecule has 2 N–H and O–H groups in total. The van der Waals surface area contributed by atoms with Crippen molar-refractivity contribution in [2.45, 2.75) is 31.8 Å². The molecular weight excluding hydrogens is 243 g/mol. The highest BCUT2D eigenvalue weighted by atomic mass is 19.1. The Hall–Kier alpha value is -1.42. The second kappa shape index (κ2) is 5.29. The molecule has 1 aliphatic heterocycles. The molecule has 0 spiro atoms. The van der Waals surface area contributed by atoms with Crippen LogP contribution in [-0.4, -0.2) is 18.5 Å². The maximum absolute atomic E-state index is 13.5. The number of carbonyl (C=O) groups is 1. The van der Waals surface area contributed by atoms with E-state index in [0.29, 0.717) is 17.4 Å². The highest BCUT2D eigenvalue weighted by Gasteiger charge is 2.42. The van der Waals surface area contributed by atoms with Crippen LogP contribution in [0, 0.1) is 17.7 Å². The number of fused-ring (bicyclic) bond motifs is 1. The lowest BCUT2D eigenvalue weighted by atomic mass is 9.93. The molecule has 102 valence electrons. The van der Waals surface area contributed by atoms with E-state index >= 15 is 0 Å². The summed E-state index contributed by atoms with van der Waals surface area (Å²) < 4.78 is 13.5. The summed E-state index contributed by atoms with van der Waals surface area (Å²) in [4.78, 5) is 12.2. The fraction of sp³-hybridized carbons (Fsp3) is 0.533. The van der Waals surface area contributed by atoms with Gasteiger partial charge in [-0.25, -0.2) is 4.39 Å². The van der Waals surface area contributed by atoms with Crippen LogP contribution in [0.4, 0.5) is 4.39 Å². The predicted octanol–water partition coefficient (Wildman–Crippen LogP) is 1.83. The Bertz CT molecular complexity index is 477. The van der Waals surface area contributed by atoms with Gasteiger partial charge in [-0.2, -0.15) is 0 Å². The average Bonchev–Trinajstić information content (AvgIpc) is 2.99. The summed E-state index contributed by atoms with van der Waals surface area (Å²) in [5, 5.41) is 6.16. The summed E-state index contributed by atoms with van der Waals surface area (Å²) in [5.41, 5.74) is 0.539. The summed E-state index contributed by atoms with van der Waals surface area (Å²) in [5.74, 6) is 0.878. The van der Waals surface area contributed by atoms with Crippen LogP contribution in [0.3, 0.4) is 0 Å². The number of hydrogen-bond donors (Lipinski definition) is 2. The van der Waals surface area contributed by atoms with E-state index in [1.54, 1.807) is 18.2 Å². The normalized spacial score (nSPS) is 29.2. The van der Waals surface area contributed by atoms with Crippen LogP contribution in [-0.2, 0) is 11.3 Å². The maximum atomic E-state index is 13.5. The standard InChI is InChI=1S/C15H19FN2O/c16-13-7-2-1-4-11(13)9-18-15(19)14-12-6-3-5-10(12)8-17-14/h1-2,4,7,10,12,14,17H,3,5-6,8-9H2,(H,18,19). The number of nitrogens with one attached hydrogen (secondary N) is 2. The first-order valence-corrected chi connectivity index (χ1v) is 7.00. The van der Waals surface area contributed by atoms with Gasteiger partial charge in [0.1, 0.15) is 5.82 Å². The minimum Gasteiger partial charge on any atom is -0.351 e. The van der Waals surface area contributed by atoms with Gasteiger partial charge in [-0.1, -0.05) is 24.6 Å². The summed E-state index contributed by atoms with van der Waals surface area (Å²) in [7, 11) is 0. The third-order valence-corrected chi connectivity index (χ3v) is 4.44. The number of carbonyl (C=O) groups excluding carboxylic acids is 1. The maximum Gasteiger partial charge on any atom is 0.237 e. The van der Waals surface area contributed by atoms with E-state index in [1.165, 1.54) is 18.9 Å². The van der Waals surface area contributed by atoms with Crippen molar-refractivity contribution in [3.05, 3.63) is 35.6 Å². The van der Waals surface area contributed by atoms with Crippen molar-refractivity contribution < 1.29 is 9.18 Å². The van der Waals surface area contributed by atoms with Crippen molar-refractivity contribution in [1.29, 1.82) is 0 Å². The van der Waals surface area contributed by atoms with Gasteiger partial charge in [0.2, 0.25) is 5.91 Å². The van der Waals surface area contributed by atoms with Crippen LogP contribution >= 0.6 is 0 Å². The molecule has 1 saturated heterocycles. The van der Waals surface area contributed by atoms with Gasteiger partial charge in [0.25, 0.3) is 0 Å². The summed E-state index contributed by atoms with van der Waals surface area (Å²) in [6.45, 7) is 1.21. The van der Waals surface area contributed by atoms with Crippen LogP contribution in [0.15, 0.2) is 24.3 Å². The van der Waals surface area contributed by atoms with Gasteiger partial charge < -0.3 is 10.6 Å². The molecule has 0 bridgehead atoms. The lowest BCUT2D eigenvalue weighted by Gasteiger charge is -2.17. The molecule has 3 unspecified atom stereocenters. The van der Waals surface area contributed by atoms with E-state index in [9.17, 15) is 9.18 Å². The number of halogens is 1. The van der Waals surface area contributed by atoms with Crippen LogP contribution in [0.5, 0.6) is 0 Å². The van der Waals surface area contributed by atoms with Gasteiger partial charge in [0.05, 0.1) is 6.04 Å². The SMILES string of the molecule is O=C(NCc1ccccc1F)C1NCC2CCCC21. The molecule has 3 nitrogen and oxygen atoms in total. The first-order chi connectivity index (χ1) is 9.25. The highest BCUT2D eigenvalue weighted by molar-refractivity contribution is 5.82. The monoisotopic (exact) mass is 262 g/mol. The lowest BCUT2D eigenvalue weighted by Crippen LogP contribution is -2.43. The molecule has 4 heteroatoms. The van der Waals surface area contributed by atoms with E-state index in [4.69, 9.17) is 0 Å². The molecule has 1 amide bonds. The Morgan fingerprint density at radius 2 is 2.21 bits per heavy atom. The first-order valence-electron chi connectivity index (χ1n) is 7.00. The van der Waals surface area contributed by atoms with E-state index in [1.807, 2.05) is 0 Å². The molecule has 1 saturated carbocycles. The molecule has 1 aromatic rings. The molecule has 1 aliphatic carbocycles. The smallest absolute Gasteiger partial charge is 0.237 e. The zero-order chi connectivity index (χ0) is 13.2. The molecule has 19 heavy (non-hydrogen) atoms. The predicted molar refractivity (Wildman–Crippen MR) is 70.9 cm³/mol. The van der Waals surface area contributed by atoms with Crippen molar-refractivity contribution in [1.82, 2.24) is 10.6 Å². The van der Waals surface area contributed by atoms with Gasteiger partial charge >= 0.3 is 0 Å². The molecule has 2 fully saturated rings. The third kappa shape index (κ3) is 2.50. The van der Waals surface area contributed by atoms with Crippen molar-refractivity contribution >= 4 is 5.91 Å². The molecule has 3 rings (SSSR count). The minimum absolute atomic E-state index is 0.0117. The molecule has 1 aromatic carbocycles. The summed E-state index contributed by atoms with van der Waals surface area (Å²) >= 11 is 0. The molecule has 1 heterocycles. The molecular formula is C15H19FN2O. The number of hydrogen-bond acceptors (Lipinski definition) is 2. The minimum atomic E-state index is -0.263. The van der Waals surface area contributed by atoms with Crippen molar-refractivity contribution in [3.8, 4) is 0 Å². The Labute approximate surface area is 112 Å². The fourth-order valence-corrected chi connectivity index (χ4v) is 3.41. The number of benzene rings is 1. The Balaban J connectivity index is 1.58. The second-order valence-corrected chi connectivity index (χ2v) is 5.55. The van der Waals surface area contributed by atoms with Crippen molar-refractivity contribution in [2.24, 2.45) is 11.8 Å². The third-order valence-electron chi connectivity index (χ3n) is 4.44. The first kappa shape index (κ1) is 12.6. The van der Waals surface area contributed by atoms with Gasteiger partial charge in [-0.3, -0.25) is 4.79 Å². The van der Waals surface area contributed by atoms with Crippen molar-refractivity contribution in [3.63, 3.8) is 0 Å². The van der Waals surface area contributed by atoms with Gasteiger partial charge in [-0.05, 0) is 37.3 Å². The zero-order valence-corrected chi connectivity index (χ0v) is 10.9. The Morgan fingerprint density at radius 3 is 3.05 bits per heavy atom. The fourth-order valence-electron chi connectivity index (χ4n) is 3.41. The van der Waals surface area contributed by atoms with Crippen LogP contribution in [0.1, 0.15) is 24.8 Å². The van der Waals surface area contributed by atoms with E-state index in [2.05, 4.69) is 10.6 Å². The van der Waals surface area contributed by atoms with Gasteiger partial charge in [0.15, 0.2) is 0 Å². The topological polar surface area (TPSA) is 41.1 Å². The van der Waals surface area contributed by atoms with Gasteiger partial charge in [0, 0.05) is 12.1 Å². The largest absolute Gasteiger partial charge is 0.351 e. The van der Waals surface area contributed by atoms with Crippen LogP contribution < -0.4 is 10.6 Å². The van der Waals surface area contributed by atoms with Crippen LogP contribution in [0.2, 0.25) is 0 Å². The van der Waals surface area contributed by atoms with Crippen molar-refractivity contribution in [2.75, 3.05) is 6.54 Å².